The zero-order valence-electron chi connectivity index (χ0n) is 9.07. The maximum absolute atomic E-state index is 5.94. The average molecular weight is 199 g/mol. The van der Waals surface area contributed by atoms with Crippen molar-refractivity contribution in [1.29, 1.82) is 0 Å². The minimum atomic E-state index is -0.249. The molecular weight excluding hydrogens is 182 g/mol. The second-order valence-corrected chi connectivity index (χ2v) is 4.33. The van der Waals surface area contributed by atoms with Gasteiger partial charge < -0.3 is 15.0 Å². The molecule has 1 rings (SSSR count). The molecule has 1 aromatic rings. The van der Waals surface area contributed by atoms with Crippen LogP contribution in [-0.2, 0) is 11.3 Å². The SMILES string of the molecule is COCc1noc([C@H](N)C(C)(C)C)n1. The summed E-state index contributed by atoms with van der Waals surface area (Å²) in [6, 6.07) is -0.249. The van der Waals surface area contributed by atoms with E-state index in [1.54, 1.807) is 7.11 Å². The van der Waals surface area contributed by atoms with E-state index in [1.807, 2.05) is 20.8 Å². The second-order valence-electron chi connectivity index (χ2n) is 4.33. The number of nitrogens with zero attached hydrogens (tertiary/aromatic N) is 2. The first-order chi connectivity index (χ1) is 6.45. The molecule has 0 radical (unpaired) electrons. The smallest absolute Gasteiger partial charge is 0.244 e. The zero-order valence-corrected chi connectivity index (χ0v) is 9.07. The largest absolute Gasteiger partial charge is 0.377 e. The van der Waals surface area contributed by atoms with Crippen LogP contribution in [0.5, 0.6) is 0 Å². The van der Waals surface area contributed by atoms with Crippen LogP contribution in [0.3, 0.4) is 0 Å². The van der Waals surface area contributed by atoms with E-state index in [4.69, 9.17) is 15.0 Å². The van der Waals surface area contributed by atoms with Crippen LogP contribution in [0.25, 0.3) is 0 Å². The third-order valence-electron chi connectivity index (χ3n) is 1.96. The summed E-state index contributed by atoms with van der Waals surface area (Å²) in [6.45, 7) is 6.42. The van der Waals surface area contributed by atoms with Crippen LogP contribution in [0.4, 0.5) is 0 Å². The molecule has 5 nitrogen and oxygen atoms in total. The topological polar surface area (TPSA) is 74.2 Å². The molecule has 80 valence electrons. The maximum Gasteiger partial charge on any atom is 0.244 e. The number of aromatic nitrogens is 2. The van der Waals surface area contributed by atoms with Gasteiger partial charge in [-0.1, -0.05) is 25.9 Å². The van der Waals surface area contributed by atoms with E-state index in [1.165, 1.54) is 0 Å². The van der Waals surface area contributed by atoms with Gasteiger partial charge in [0.1, 0.15) is 6.61 Å². The van der Waals surface area contributed by atoms with Crippen molar-refractivity contribution >= 4 is 0 Å². The third-order valence-corrected chi connectivity index (χ3v) is 1.96. The molecule has 0 saturated carbocycles. The van der Waals surface area contributed by atoms with Crippen molar-refractivity contribution in [3.63, 3.8) is 0 Å². The van der Waals surface area contributed by atoms with Crippen LogP contribution < -0.4 is 5.73 Å². The minimum absolute atomic E-state index is 0.0864. The van der Waals surface area contributed by atoms with Crippen LogP contribution >= 0.6 is 0 Å². The van der Waals surface area contributed by atoms with Crippen LogP contribution in [0.1, 0.15) is 38.5 Å². The fourth-order valence-corrected chi connectivity index (χ4v) is 0.952. The van der Waals surface area contributed by atoms with Gasteiger partial charge in [0.25, 0.3) is 0 Å². The summed E-state index contributed by atoms with van der Waals surface area (Å²) in [5.74, 6) is 0.992. The predicted octanol–water partition coefficient (Wildman–Crippen LogP) is 1.26. The number of hydrogen-bond donors (Lipinski definition) is 1. The molecule has 0 aromatic carbocycles. The Kier molecular flexibility index (Phi) is 3.23. The molecule has 0 aliphatic carbocycles. The summed E-state index contributed by atoms with van der Waals surface area (Å²) in [7, 11) is 1.58. The summed E-state index contributed by atoms with van der Waals surface area (Å²) in [5, 5.41) is 3.75. The number of nitrogens with two attached hydrogens (primary N) is 1. The van der Waals surface area contributed by atoms with Crippen molar-refractivity contribution in [2.75, 3.05) is 7.11 Å². The lowest BCUT2D eigenvalue weighted by atomic mass is 9.87. The molecule has 0 aliphatic rings. The van der Waals surface area contributed by atoms with Crippen molar-refractivity contribution in [3.05, 3.63) is 11.7 Å². The molecule has 0 fully saturated rings. The van der Waals surface area contributed by atoms with E-state index in [0.717, 1.165) is 0 Å². The summed E-state index contributed by atoms with van der Waals surface area (Å²) in [4.78, 5) is 4.14. The van der Waals surface area contributed by atoms with Gasteiger partial charge in [0, 0.05) is 7.11 Å². The summed E-state index contributed by atoms with van der Waals surface area (Å²) >= 11 is 0. The maximum atomic E-state index is 5.94. The zero-order chi connectivity index (χ0) is 10.8. The van der Waals surface area contributed by atoms with Crippen LogP contribution in [-0.4, -0.2) is 17.3 Å². The fourth-order valence-electron chi connectivity index (χ4n) is 0.952. The molecule has 2 N–H and O–H groups in total. The van der Waals surface area contributed by atoms with E-state index in [9.17, 15) is 0 Å². The highest BCUT2D eigenvalue weighted by atomic mass is 16.5. The molecule has 5 heteroatoms. The number of methoxy groups -OCH3 is 1. The van der Waals surface area contributed by atoms with Crippen LogP contribution in [0.2, 0.25) is 0 Å². The monoisotopic (exact) mass is 199 g/mol. The molecular formula is C9H17N3O2. The Balaban J connectivity index is 2.76. The molecule has 1 atom stereocenters. The highest BCUT2D eigenvalue weighted by molar-refractivity contribution is 4.95. The van der Waals surface area contributed by atoms with Gasteiger partial charge in [-0.15, -0.1) is 0 Å². The minimum Gasteiger partial charge on any atom is -0.377 e. The first-order valence-corrected chi connectivity index (χ1v) is 4.52. The first kappa shape index (κ1) is 11.1. The van der Waals surface area contributed by atoms with E-state index < -0.39 is 0 Å². The Hall–Kier alpha value is -0.940. The highest BCUT2D eigenvalue weighted by Gasteiger charge is 2.27. The Morgan fingerprint density at radius 2 is 2.14 bits per heavy atom. The molecule has 0 saturated heterocycles. The fraction of sp³-hybridized carbons (Fsp3) is 0.778. The van der Waals surface area contributed by atoms with Gasteiger partial charge in [-0.25, -0.2) is 0 Å². The summed E-state index contributed by atoms with van der Waals surface area (Å²) in [5.41, 5.74) is 5.86. The van der Waals surface area contributed by atoms with Gasteiger partial charge in [-0.05, 0) is 5.41 Å². The molecule has 1 heterocycles. The normalized spacial score (nSPS) is 14.4. The number of ether oxygens (including phenoxy) is 1. The molecule has 0 bridgehead atoms. The average Bonchev–Trinajstić information content (AvgIpc) is 2.50. The second kappa shape index (κ2) is 4.06. The Bertz CT molecular complexity index is 290. The van der Waals surface area contributed by atoms with Gasteiger partial charge >= 0.3 is 0 Å². The lowest BCUT2D eigenvalue weighted by molar-refractivity contribution is 0.174. The van der Waals surface area contributed by atoms with E-state index >= 15 is 0 Å². The van der Waals surface area contributed by atoms with Crippen molar-refractivity contribution < 1.29 is 9.26 Å². The van der Waals surface area contributed by atoms with Crippen molar-refractivity contribution in [3.8, 4) is 0 Å². The van der Waals surface area contributed by atoms with Crippen molar-refractivity contribution in [1.82, 2.24) is 10.1 Å². The van der Waals surface area contributed by atoms with E-state index in [-0.39, 0.29) is 11.5 Å². The van der Waals surface area contributed by atoms with Gasteiger partial charge in [0.15, 0.2) is 5.82 Å². The van der Waals surface area contributed by atoms with Crippen LogP contribution in [0.15, 0.2) is 4.52 Å². The first-order valence-electron chi connectivity index (χ1n) is 4.52. The quantitative estimate of drug-likeness (QED) is 0.793. The van der Waals surface area contributed by atoms with E-state index in [0.29, 0.717) is 18.3 Å². The van der Waals surface area contributed by atoms with Gasteiger partial charge in [0.05, 0.1) is 6.04 Å². The lowest BCUT2D eigenvalue weighted by Gasteiger charge is -2.23. The van der Waals surface area contributed by atoms with Crippen molar-refractivity contribution in [2.24, 2.45) is 11.1 Å². The molecule has 0 unspecified atom stereocenters. The van der Waals surface area contributed by atoms with Crippen LogP contribution in [0, 0.1) is 5.41 Å². The molecule has 14 heavy (non-hydrogen) atoms. The highest BCUT2D eigenvalue weighted by Crippen LogP contribution is 2.29. The van der Waals surface area contributed by atoms with Gasteiger partial charge in [0.2, 0.25) is 5.89 Å². The molecule has 0 aliphatic heterocycles. The summed E-state index contributed by atoms with van der Waals surface area (Å²) in [6.07, 6.45) is 0. The third kappa shape index (κ3) is 2.52. The molecule has 1 aromatic heterocycles. The molecule has 0 spiro atoms. The van der Waals surface area contributed by atoms with Crippen molar-refractivity contribution in [2.45, 2.75) is 33.4 Å². The predicted molar refractivity (Wildman–Crippen MR) is 51.4 cm³/mol. The van der Waals surface area contributed by atoms with Gasteiger partial charge in [-0.2, -0.15) is 4.98 Å². The van der Waals surface area contributed by atoms with E-state index in [2.05, 4.69) is 10.1 Å². The number of rotatable bonds is 3. The summed E-state index contributed by atoms with van der Waals surface area (Å²) < 4.78 is 9.92. The number of hydrogen-bond acceptors (Lipinski definition) is 5. The Morgan fingerprint density at radius 1 is 1.50 bits per heavy atom. The lowest BCUT2D eigenvalue weighted by Crippen LogP contribution is -2.26. The Labute approximate surface area is 83.6 Å². The molecule has 0 amide bonds. The van der Waals surface area contributed by atoms with Gasteiger partial charge in [-0.3, -0.25) is 0 Å². The Morgan fingerprint density at radius 3 is 2.64 bits per heavy atom. The standard InChI is InChI=1S/C9H17N3O2/c1-9(2,3)7(10)8-11-6(5-13-4)12-14-8/h7H,5,10H2,1-4H3/t7-/m0/s1.